The Hall–Kier alpha value is -3.26. The number of ether oxygens (including phenoxy) is 3. The number of hydrogen-bond acceptors (Lipinski definition) is 5. The van der Waals surface area contributed by atoms with E-state index in [4.69, 9.17) is 25.8 Å². The molecule has 0 fully saturated rings. The summed E-state index contributed by atoms with van der Waals surface area (Å²) < 4.78 is 30.5. The van der Waals surface area contributed by atoms with Crippen LogP contribution in [-0.2, 0) is 6.54 Å². The van der Waals surface area contributed by atoms with Crippen molar-refractivity contribution in [1.82, 2.24) is 9.78 Å². The van der Waals surface area contributed by atoms with Gasteiger partial charge in [0.15, 0.2) is 11.5 Å². The summed E-state index contributed by atoms with van der Waals surface area (Å²) in [6.07, 6.45) is 0. The van der Waals surface area contributed by atoms with Crippen molar-refractivity contribution in [3.05, 3.63) is 64.2 Å². The van der Waals surface area contributed by atoms with Crippen LogP contribution in [-0.4, -0.2) is 37.0 Å². The molecule has 2 aromatic carbocycles. The number of nitrogens with zero attached hydrogens (tertiary/aromatic N) is 2. The number of carbonyl (C=O) groups is 1. The van der Waals surface area contributed by atoms with Crippen LogP contribution >= 0.6 is 11.6 Å². The Labute approximate surface area is 178 Å². The van der Waals surface area contributed by atoms with E-state index >= 15 is 0 Å². The van der Waals surface area contributed by atoms with Gasteiger partial charge in [0.05, 0.1) is 39.1 Å². The predicted octanol–water partition coefficient (Wildman–Crippen LogP) is 4.31. The zero-order chi connectivity index (χ0) is 21.8. The maximum absolute atomic E-state index is 13.1. The Morgan fingerprint density at radius 3 is 2.23 bits per heavy atom. The minimum atomic E-state index is -0.433. The molecule has 0 radical (unpaired) electrons. The second-order valence-electron chi connectivity index (χ2n) is 6.40. The van der Waals surface area contributed by atoms with E-state index in [1.807, 2.05) is 0 Å². The van der Waals surface area contributed by atoms with E-state index in [1.54, 1.807) is 31.2 Å². The number of hydrogen-bond donors (Lipinski definition) is 1. The first kappa shape index (κ1) is 21.4. The molecule has 0 aliphatic rings. The summed E-state index contributed by atoms with van der Waals surface area (Å²) in [4.78, 5) is 12.9. The van der Waals surface area contributed by atoms with E-state index in [1.165, 1.54) is 38.1 Å². The summed E-state index contributed by atoms with van der Waals surface area (Å²) in [5, 5.41) is 7.31. The van der Waals surface area contributed by atoms with Gasteiger partial charge < -0.3 is 19.5 Å². The molecule has 0 bridgehead atoms. The highest BCUT2D eigenvalue weighted by molar-refractivity contribution is 6.33. The Kier molecular flexibility index (Phi) is 6.47. The fraction of sp³-hybridized carbons (Fsp3) is 0.238. The van der Waals surface area contributed by atoms with E-state index in [0.717, 1.165) is 5.56 Å². The van der Waals surface area contributed by atoms with Gasteiger partial charge in [-0.05, 0) is 24.6 Å². The summed E-state index contributed by atoms with van der Waals surface area (Å²) in [6.45, 7) is 1.99. The first-order valence-corrected chi connectivity index (χ1v) is 9.34. The molecular weight excluding hydrogens is 413 g/mol. The molecule has 1 amide bonds. The van der Waals surface area contributed by atoms with Crippen LogP contribution < -0.4 is 19.5 Å². The molecule has 3 aromatic rings. The molecule has 0 spiro atoms. The molecule has 0 atom stereocenters. The number of amides is 1. The van der Waals surface area contributed by atoms with Crippen LogP contribution in [0.5, 0.6) is 17.2 Å². The molecule has 0 saturated heterocycles. The largest absolute Gasteiger partial charge is 0.493 e. The van der Waals surface area contributed by atoms with Crippen molar-refractivity contribution >= 4 is 23.2 Å². The molecule has 1 heterocycles. The van der Waals surface area contributed by atoms with Crippen LogP contribution in [0, 0.1) is 12.7 Å². The lowest BCUT2D eigenvalue weighted by atomic mass is 10.2. The highest BCUT2D eigenvalue weighted by Crippen LogP contribution is 2.40. The molecule has 1 N–H and O–H groups in total. The van der Waals surface area contributed by atoms with Crippen molar-refractivity contribution in [2.75, 3.05) is 26.6 Å². The van der Waals surface area contributed by atoms with Gasteiger partial charge in [-0.1, -0.05) is 23.7 Å². The Morgan fingerprint density at radius 2 is 1.70 bits per heavy atom. The number of halogens is 2. The van der Waals surface area contributed by atoms with Crippen molar-refractivity contribution in [3.8, 4) is 17.2 Å². The topological polar surface area (TPSA) is 74.6 Å². The zero-order valence-corrected chi connectivity index (χ0v) is 17.7. The van der Waals surface area contributed by atoms with Crippen LogP contribution in [0.25, 0.3) is 0 Å². The lowest BCUT2D eigenvalue weighted by Crippen LogP contribution is -2.13. The molecule has 7 nitrogen and oxygen atoms in total. The summed E-state index contributed by atoms with van der Waals surface area (Å²) >= 11 is 6.43. The van der Waals surface area contributed by atoms with Gasteiger partial charge in [-0.25, -0.2) is 9.07 Å². The van der Waals surface area contributed by atoms with Crippen molar-refractivity contribution < 1.29 is 23.4 Å². The second-order valence-corrected chi connectivity index (χ2v) is 6.76. The van der Waals surface area contributed by atoms with Crippen molar-refractivity contribution in [2.24, 2.45) is 0 Å². The minimum Gasteiger partial charge on any atom is -0.493 e. The minimum absolute atomic E-state index is 0.182. The zero-order valence-electron chi connectivity index (χ0n) is 17.0. The average molecular weight is 434 g/mol. The van der Waals surface area contributed by atoms with Crippen LogP contribution in [0.1, 0.15) is 21.6 Å². The number of rotatable bonds is 7. The molecule has 0 aliphatic carbocycles. The van der Waals surface area contributed by atoms with Crippen LogP contribution in [0.15, 0.2) is 36.4 Å². The number of methoxy groups -OCH3 is 3. The first-order valence-electron chi connectivity index (χ1n) is 8.96. The van der Waals surface area contributed by atoms with Gasteiger partial charge in [-0.2, -0.15) is 5.10 Å². The van der Waals surface area contributed by atoms with E-state index in [2.05, 4.69) is 10.4 Å². The third kappa shape index (κ3) is 4.33. The van der Waals surface area contributed by atoms with Crippen LogP contribution in [0.2, 0.25) is 5.15 Å². The molecular formula is C21H21ClFN3O4. The SMILES string of the molecule is COc1cc(NC(=O)c2c(C)nn(Cc3ccc(F)cc3)c2Cl)cc(OC)c1OC. The van der Waals surface area contributed by atoms with E-state index in [0.29, 0.717) is 35.2 Å². The van der Waals surface area contributed by atoms with Crippen molar-refractivity contribution in [2.45, 2.75) is 13.5 Å². The molecule has 0 saturated carbocycles. The number of benzene rings is 2. The molecule has 0 aliphatic heterocycles. The van der Waals surface area contributed by atoms with Gasteiger partial charge in [0.1, 0.15) is 11.0 Å². The summed E-state index contributed by atoms with van der Waals surface area (Å²) in [5.41, 5.74) is 1.95. The Morgan fingerprint density at radius 1 is 1.10 bits per heavy atom. The number of aryl methyl sites for hydroxylation is 1. The number of carbonyl (C=O) groups excluding carboxylic acids is 1. The Balaban J connectivity index is 1.87. The molecule has 158 valence electrons. The molecule has 3 rings (SSSR count). The number of anilines is 1. The molecule has 30 heavy (non-hydrogen) atoms. The standard InChI is InChI=1S/C21H21ClFN3O4/c1-12-18(20(22)26(25-12)11-13-5-7-14(23)8-6-13)21(27)24-15-9-16(28-2)19(30-4)17(10-15)29-3/h5-10H,11H2,1-4H3,(H,24,27). The van der Waals surface area contributed by atoms with Crippen LogP contribution in [0.4, 0.5) is 10.1 Å². The monoisotopic (exact) mass is 433 g/mol. The second kappa shape index (κ2) is 9.04. The maximum atomic E-state index is 13.1. The van der Waals surface area contributed by atoms with Crippen molar-refractivity contribution in [1.29, 1.82) is 0 Å². The van der Waals surface area contributed by atoms with Gasteiger partial charge in [0.2, 0.25) is 5.75 Å². The lowest BCUT2D eigenvalue weighted by molar-refractivity contribution is 0.102. The van der Waals surface area contributed by atoms with E-state index in [-0.39, 0.29) is 16.5 Å². The summed E-state index contributed by atoms with van der Waals surface area (Å²) in [5.74, 6) is 0.465. The highest BCUT2D eigenvalue weighted by atomic mass is 35.5. The van der Waals surface area contributed by atoms with E-state index < -0.39 is 5.91 Å². The van der Waals surface area contributed by atoms with E-state index in [9.17, 15) is 9.18 Å². The quantitative estimate of drug-likeness (QED) is 0.601. The fourth-order valence-electron chi connectivity index (χ4n) is 3.03. The van der Waals surface area contributed by atoms with Crippen molar-refractivity contribution in [3.63, 3.8) is 0 Å². The number of aromatic nitrogens is 2. The van der Waals surface area contributed by atoms with Gasteiger partial charge in [0.25, 0.3) is 5.91 Å². The third-order valence-electron chi connectivity index (χ3n) is 4.46. The van der Waals surface area contributed by atoms with Gasteiger partial charge in [-0.15, -0.1) is 0 Å². The predicted molar refractivity (Wildman–Crippen MR) is 112 cm³/mol. The Bertz CT molecular complexity index is 1040. The lowest BCUT2D eigenvalue weighted by Gasteiger charge is -2.14. The normalized spacial score (nSPS) is 10.6. The molecule has 9 heteroatoms. The first-order chi connectivity index (χ1) is 14.4. The smallest absolute Gasteiger partial charge is 0.260 e. The molecule has 1 aromatic heterocycles. The third-order valence-corrected chi connectivity index (χ3v) is 4.84. The summed E-state index contributed by atoms with van der Waals surface area (Å²) in [6, 6.07) is 9.23. The van der Waals surface area contributed by atoms with Crippen LogP contribution in [0.3, 0.4) is 0 Å². The van der Waals surface area contributed by atoms with Gasteiger partial charge >= 0.3 is 0 Å². The summed E-state index contributed by atoms with van der Waals surface area (Å²) in [7, 11) is 4.48. The average Bonchev–Trinajstić information content (AvgIpc) is 3.01. The number of nitrogens with one attached hydrogen (secondary N) is 1. The van der Waals surface area contributed by atoms with Gasteiger partial charge in [-0.3, -0.25) is 4.79 Å². The highest BCUT2D eigenvalue weighted by Gasteiger charge is 2.22. The van der Waals surface area contributed by atoms with Gasteiger partial charge in [0, 0.05) is 17.8 Å². The fourth-order valence-corrected chi connectivity index (χ4v) is 3.35. The molecule has 0 unspecified atom stereocenters. The maximum Gasteiger partial charge on any atom is 0.260 e.